The van der Waals surface area contributed by atoms with Crippen molar-refractivity contribution in [1.29, 1.82) is 0 Å². The molecule has 28 heavy (non-hydrogen) atoms. The third-order valence-electron chi connectivity index (χ3n) is 4.54. The van der Waals surface area contributed by atoms with E-state index in [0.717, 1.165) is 0 Å². The lowest BCUT2D eigenvalue weighted by Crippen LogP contribution is -2.49. The summed E-state index contributed by atoms with van der Waals surface area (Å²) < 4.78 is 33.6. The number of alkyl halides is 2. The number of esters is 1. The normalized spacial score (nSPS) is 22.9. The number of halogens is 2. The Morgan fingerprint density at radius 3 is 3.04 bits per heavy atom. The molecule has 2 aliphatic rings. The number of aliphatic imine (C=N–C) groups is 1. The van der Waals surface area contributed by atoms with Gasteiger partial charge in [0.1, 0.15) is 0 Å². The van der Waals surface area contributed by atoms with Crippen molar-refractivity contribution in [3.8, 4) is 0 Å². The van der Waals surface area contributed by atoms with Crippen LogP contribution in [0.25, 0.3) is 0 Å². The average molecular weight is 410 g/mol. The zero-order valence-corrected chi connectivity index (χ0v) is 16.8. The second-order valence-corrected chi connectivity index (χ2v) is 7.71. The molecule has 1 unspecified atom stereocenters. The van der Waals surface area contributed by atoms with Crippen LogP contribution in [-0.2, 0) is 9.53 Å². The predicted molar refractivity (Wildman–Crippen MR) is 105 cm³/mol. The number of allylic oxidation sites excluding steroid dienone is 1. The summed E-state index contributed by atoms with van der Waals surface area (Å²) in [5, 5.41) is 5.66. The van der Waals surface area contributed by atoms with Crippen molar-refractivity contribution in [2.24, 2.45) is 10.9 Å². The highest BCUT2D eigenvalue weighted by molar-refractivity contribution is 7.11. The number of thiazole rings is 1. The number of nitrogens with zero attached hydrogens (tertiary/aromatic N) is 3. The Morgan fingerprint density at radius 1 is 1.54 bits per heavy atom. The minimum absolute atomic E-state index is 0.138. The number of aromatic nitrogens is 1. The molecule has 6 nitrogen and oxygen atoms in total. The number of amidine groups is 1. The van der Waals surface area contributed by atoms with E-state index in [0.29, 0.717) is 28.7 Å². The fourth-order valence-electron chi connectivity index (χ4n) is 3.49. The Hall–Kier alpha value is -2.13. The van der Waals surface area contributed by atoms with E-state index in [2.05, 4.69) is 15.3 Å². The minimum atomic E-state index is -2.77. The van der Waals surface area contributed by atoms with Gasteiger partial charge in [-0.15, -0.1) is 11.3 Å². The standard InChI is InChI=1S/C19H24F2N4O2S/c1-3-5-13-8-19(20,21)12-25(10-13)11-15-14(18(26)27-4-2)9-23-16(24-15)17-22-6-7-28-17/h3,5-7,13H,4,8-12H2,1-2H3,(H,23,24)/b5-3+. The van der Waals surface area contributed by atoms with Crippen LogP contribution in [0.4, 0.5) is 8.78 Å². The molecule has 1 saturated heterocycles. The summed E-state index contributed by atoms with van der Waals surface area (Å²) in [6.07, 6.45) is 5.13. The van der Waals surface area contributed by atoms with Crippen molar-refractivity contribution in [2.75, 3.05) is 32.8 Å². The summed E-state index contributed by atoms with van der Waals surface area (Å²) in [7, 11) is 0. The Bertz CT molecular complexity index is 790. The van der Waals surface area contributed by atoms with Crippen molar-refractivity contribution in [3.05, 3.63) is 40.0 Å². The van der Waals surface area contributed by atoms with Crippen molar-refractivity contribution in [3.63, 3.8) is 0 Å². The predicted octanol–water partition coefficient (Wildman–Crippen LogP) is 2.84. The first-order valence-corrected chi connectivity index (χ1v) is 10.1. The summed E-state index contributed by atoms with van der Waals surface area (Å²) in [5.74, 6) is -2.92. The quantitative estimate of drug-likeness (QED) is 0.577. The number of hydrogen-bond acceptors (Lipinski definition) is 7. The molecule has 3 rings (SSSR count). The molecule has 0 spiro atoms. The van der Waals surface area contributed by atoms with Gasteiger partial charge < -0.3 is 10.1 Å². The van der Waals surface area contributed by atoms with E-state index in [1.54, 1.807) is 24.1 Å². The molecule has 0 saturated carbocycles. The molecule has 2 aliphatic heterocycles. The number of piperidine rings is 1. The monoisotopic (exact) mass is 410 g/mol. The maximum Gasteiger partial charge on any atom is 0.337 e. The SMILES string of the molecule is C/C=C/C1CN(CC2=C(C(=O)OCC)CN=C(c3nccs3)N2)CC(F)(F)C1. The average Bonchev–Trinajstić information content (AvgIpc) is 3.15. The molecule has 1 atom stereocenters. The van der Waals surface area contributed by atoms with Gasteiger partial charge in [-0.1, -0.05) is 12.2 Å². The summed E-state index contributed by atoms with van der Waals surface area (Å²) in [6, 6.07) is 0. The van der Waals surface area contributed by atoms with E-state index in [4.69, 9.17) is 4.74 Å². The Balaban J connectivity index is 1.82. The number of likely N-dealkylation sites (tertiary alicyclic amines) is 1. The molecular weight excluding hydrogens is 386 g/mol. The second-order valence-electron chi connectivity index (χ2n) is 6.82. The number of carbonyl (C=O) groups is 1. The fraction of sp³-hybridized carbons (Fsp3) is 0.526. The zero-order valence-electron chi connectivity index (χ0n) is 16.0. The molecule has 0 bridgehead atoms. The molecule has 0 aromatic carbocycles. The molecule has 1 aromatic rings. The highest BCUT2D eigenvalue weighted by atomic mass is 32.1. The molecule has 0 radical (unpaired) electrons. The molecule has 3 heterocycles. The number of hydrogen-bond donors (Lipinski definition) is 1. The van der Waals surface area contributed by atoms with Crippen molar-refractivity contribution in [2.45, 2.75) is 26.2 Å². The van der Waals surface area contributed by atoms with Gasteiger partial charge in [-0.25, -0.2) is 18.6 Å². The van der Waals surface area contributed by atoms with Crippen LogP contribution in [0.2, 0.25) is 0 Å². The molecule has 1 aromatic heterocycles. The Kier molecular flexibility index (Phi) is 6.56. The lowest BCUT2D eigenvalue weighted by molar-refractivity contribution is -0.138. The van der Waals surface area contributed by atoms with Crippen molar-refractivity contribution >= 4 is 23.1 Å². The summed E-state index contributed by atoms with van der Waals surface area (Å²) >= 11 is 1.42. The van der Waals surface area contributed by atoms with E-state index in [1.807, 2.05) is 18.4 Å². The second kappa shape index (κ2) is 8.91. The first-order chi connectivity index (χ1) is 13.4. The zero-order chi connectivity index (χ0) is 20.1. The van der Waals surface area contributed by atoms with Crippen molar-refractivity contribution in [1.82, 2.24) is 15.2 Å². The smallest absolute Gasteiger partial charge is 0.337 e. The van der Waals surface area contributed by atoms with Crippen molar-refractivity contribution < 1.29 is 18.3 Å². The lowest BCUT2D eigenvalue weighted by Gasteiger charge is -2.37. The highest BCUT2D eigenvalue weighted by Crippen LogP contribution is 2.31. The molecule has 0 amide bonds. The largest absolute Gasteiger partial charge is 0.463 e. The van der Waals surface area contributed by atoms with Gasteiger partial charge in [0, 0.05) is 36.8 Å². The van der Waals surface area contributed by atoms with Crippen LogP contribution in [0.5, 0.6) is 0 Å². The third-order valence-corrected chi connectivity index (χ3v) is 5.32. The van der Waals surface area contributed by atoms with Crippen LogP contribution >= 0.6 is 11.3 Å². The highest BCUT2D eigenvalue weighted by Gasteiger charge is 2.40. The maximum atomic E-state index is 14.2. The third kappa shape index (κ3) is 5.02. The van der Waals surface area contributed by atoms with Crippen LogP contribution in [0.3, 0.4) is 0 Å². The lowest BCUT2D eigenvalue weighted by atomic mass is 9.94. The van der Waals surface area contributed by atoms with Gasteiger partial charge in [-0.05, 0) is 19.8 Å². The number of carbonyl (C=O) groups excluding carboxylic acids is 1. The topological polar surface area (TPSA) is 66.8 Å². The van der Waals surface area contributed by atoms with Gasteiger partial charge in [-0.3, -0.25) is 9.89 Å². The van der Waals surface area contributed by atoms with Crippen LogP contribution in [-0.4, -0.2) is 60.4 Å². The Labute approximate surface area is 167 Å². The first kappa shape index (κ1) is 20.6. The van der Waals surface area contributed by atoms with Gasteiger partial charge in [0.15, 0.2) is 10.8 Å². The van der Waals surface area contributed by atoms with Gasteiger partial charge in [0.25, 0.3) is 5.92 Å². The van der Waals surface area contributed by atoms with Gasteiger partial charge in [0.2, 0.25) is 0 Å². The maximum absolute atomic E-state index is 14.2. The van der Waals surface area contributed by atoms with Crippen LogP contribution < -0.4 is 5.32 Å². The van der Waals surface area contributed by atoms with E-state index in [1.165, 1.54) is 11.3 Å². The molecular formula is C19H24F2N4O2S. The van der Waals surface area contributed by atoms with Gasteiger partial charge in [-0.2, -0.15) is 0 Å². The minimum Gasteiger partial charge on any atom is -0.463 e. The summed E-state index contributed by atoms with van der Waals surface area (Å²) in [4.78, 5) is 22.7. The molecule has 9 heteroatoms. The van der Waals surface area contributed by atoms with E-state index in [9.17, 15) is 13.6 Å². The number of nitrogens with one attached hydrogen (secondary N) is 1. The molecule has 0 aliphatic carbocycles. The summed E-state index contributed by atoms with van der Waals surface area (Å²) in [6.45, 7) is 4.30. The van der Waals surface area contributed by atoms with Crippen LogP contribution in [0.15, 0.2) is 40.0 Å². The van der Waals surface area contributed by atoms with Gasteiger partial charge >= 0.3 is 5.97 Å². The molecule has 152 valence electrons. The number of rotatable bonds is 6. The molecule has 1 N–H and O–H groups in total. The first-order valence-electron chi connectivity index (χ1n) is 9.25. The van der Waals surface area contributed by atoms with E-state index < -0.39 is 11.9 Å². The fourth-order valence-corrected chi connectivity index (χ4v) is 4.09. The van der Waals surface area contributed by atoms with E-state index >= 15 is 0 Å². The number of ether oxygens (including phenoxy) is 1. The molecule has 1 fully saturated rings. The Morgan fingerprint density at radius 2 is 2.36 bits per heavy atom. The van der Waals surface area contributed by atoms with Crippen LogP contribution in [0.1, 0.15) is 25.3 Å². The van der Waals surface area contributed by atoms with Gasteiger partial charge in [0.05, 0.1) is 25.3 Å². The summed E-state index contributed by atoms with van der Waals surface area (Å²) in [5.41, 5.74) is 0.925. The van der Waals surface area contributed by atoms with Crippen LogP contribution in [0, 0.1) is 5.92 Å². The van der Waals surface area contributed by atoms with E-state index in [-0.39, 0.29) is 38.6 Å².